The summed E-state index contributed by atoms with van der Waals surface area (Å²) in [5.41, 5.74) is -0.102. The molecule has 20 heavy (non-hydrogen) atoms. The molecule has 1 aliphatic rings. The lowest BCUT2D eigenvalue weighted by molar-refractivity contribution is 0.0686. The maximum Gasteiger partial charge on any atom is 0.358 e. The minimum Gasteiger partial charge on any atom is -0.493 e. The molecule has 104 valence electrons. The fourth-order valence-electron chi connectivity index (χ4n) is 1.87. The third kappa shape index (κ3) is 1.73. The highest BCUT2D eigenvalue weighted by molar-refractivity contribution is 5.87. The predicted octanol–water partition coefficient (Wildman–Crippen LogP) is 1.92. The molecule has 2 aromatic rings. The number of aromatic nitrogens is 1. The van der Waals surface area contributed by atoms with Crippen LogP contribution in [0.2, 0.25) is 0 Å². The first-order chi connectivity index (χ1) is 9.61. The van der Waals surface area contributed by atoms with Crippen LogP contribution < -0.4 is 14.2 Å². The van der Waals surface area contributed by atoms with E-state index >= 15 is 0 Å². The van der Waals surface area contributed by atoms with Gasteiger partial charge in [0.1, 0.15) is 0 Å². The van der Waals surface area contributed by atoms with Crippen LogP contribution in [0.1, 0.15) is 10.5 Å². The first-order valence-corrected chi connectivity index (χ1v) is 5.48. The quantitative estimate of drug-likeness (QED) is 0.918. The van der Waals surface area contributed by atoms with Gasteiger partial charge in [0.25, 0.3) is 0 Å². The largest absolute Gasteiger partial charge is 0.493 e. The van der Waals surface area contributed by atoms with Crippen molar-refractivity contribution in [2.45, 2.75) is 0 Å². The van der Waals surface area contributed by atoms with E-state index in [1.807, 2.05) is 0 Å². The molecule has 7 nitrogen and oxygen atoms in total. The highest BCUT2D eigenvalue weighted by Gasteiger charge is 2.28. The Balaban J connectivity index is 2.17. The molecular formula is C12H8FNO6. The number of halogens is 1. The van der Waals surface area contributed by atoms with E-state index in [-0.39, 0.29) is 41.1 Å². The summed E-state index contributed by atoms with van der Waals surface area (Å²) < 4.78 is 34.1. The van der Waals surface area contributed by atoms with Crippen molar-refractivity contribution >= 4 is 5.97 Å². The molecule has 0 radical (unpaired) electrons. The summed E-state index contributed by atoms with van der Waals surface area (Å²) >= 11 is 0. The molecule has 1 aromatic heterocycles. The topological polar surface area (TPSA) is 91.0 Å². The Hall–Kier alpha value is -2.77. The molecule has 0 bridgehead atoms. The van der Waals surface area contributed by atoms with E-state index in [1.165, 1.54) is 19.2 Å². The summed E-state index contributed by atoms with van der Waals surface area (Å²) in [6.07, 6.45) is 0. The summed E-state index contributed by atoms with van der Waals surface area (Å²) in [4.78, 5) is 10.8. The van der Waals surface area contributed by atoms with Crippen molar-refractivity contribution < 1.29 is 33.0 Å². The highest BCUT2D eigenvalue weighted by atomic mass is 19.1. The van der Waals surface area contributed by atoms with Gasteiger partial charge >= 0.3 is 5.97 Å². The Morgan fingerprint density at radius 3 is 2.90 bits per heavy atom. The van der Waals surface area contributed by atoms with E-state index in [2.05, 4.69) is 5.16 Å². The lowest BCUT2D eigenvalue weighted by Crippen LogP contribution is -1.95. The Kier molecular flexibility index (Phi) is 2.70. The fourth-order valence-corrected chi connectivity index (χ4v) is 1.87. The van der Waals surface area contributed by atoms with Gasteiger partial charge in [-0.2, -0.15) is 4.39 Å². The molecule has 1 aromatic carbocycles. The first-order valence-electron chi connectivity index (χ1n) is 5.48. The number of rotatable bonds is 3. The van der Waals surface area contributed by atoms with Crippen molar-refractivity contribution in [3.63, 3.8) is 0 Å². The third-order valence-electron chi connectivity index (χ3n) is 2.76. The average molecular weight is 281 g/mol. The summed E-state index contributed by atoms with van der Waals surface area (Å²) in [6, 6.07) is 2.61. The molecule has 3 rings (SSSR count). The van der Waals surface area contributed by atoms with Crippen molar-refractivity contribution in [2.24, 2.45) is 0 Å². The maximum atomic E-state index is 14.2. The smallest absolute Gasteiger partial charge is 0.358 e. The summed E-state index contributed by atoms with van der Waals surface area (Å²) in [7, 11) is 1.28. The van der Waals surface area contributed by atoms with Gasteiger partial charge in [0, 0.05) is 6.07 Å². The molecule has 0 saturated heterocycles. The lowest BCUT2D eigenvalue weighted by atomic mass is 10.1. The predicted molar refractivity (Wildman–Crippen MR) is 61.5 cm³/mol. The summed E-state index contributed by atoms with van der Waals surface area (Å²) in [5.74, 6) is -1.94. The number of fused-ring (bicyclic) bond motifs is 1. The molecule has 1 N–H and O–H groups in total. The van der Waals surface area contributed by atoms with Crippen LogP contribution in [0.15, 0.2) is 16.7 Å². The van der Waals surface area contributed by atoms with Crippen LogP contribution in [-0.2, 0) is 0 Å². The zero-order chi connectivity index (χ0) is 14.3. The molecule has 1 aliphatic heterocycles. The van der Waals surface area contributed by atoms with Crippen LogP contribution in [0.5, 0.6) is 17.2 Å². The van der Waals surface area contributed by atoms with E-state index in [0.29, 0.717) is 0 Å². The molecule has 0 amide bonds. The number of benzene rings is 1. The number of nitrogens with zero attached hydrogens (tertiary/aromatic N) is 1. The highest BCUT2D eigenvalue weighted by Crippen LogP contribution is 2.45. The molecule has 8 heteroatoms. The van der Waals surface area contributed by atoms with Crippen LogP contribution in [0.3, 0.4) is 0 Å². The van der Waals surface area contributed by atoms with Gasteiger partial charge in [0.15, 0.2) is 23.0 Å². The van der Waals surface area contributed by atoms with E-state index in [0.717, 1.165) is 0 Å². The van der Waals surface area contributed by atoms with Gasteiger partial charge in [-0.05, 0) is 6.07 Å². The van der Waals surface area contributed by atoms with Gasteiger partial charge < -0.3 is 23.8 Å². The van der Waals surface area contributed by atoms with Crippen LogP contribution in [0, 0.1) is 5.82 Å². The third-order valence-corrected chi connectivity index (χ3v) is 2.76. The van der Waals surface area contributed by atoms with Crippen molar-refractivity contribution in [1.29, 1.82) is 0 Å². The fraction of sp³-hybridized carbons (Fsp3) is 0.167. The van der Waals surface area contributed by atoms with Crippen LogP contribution in [0.25, 0.3) is 11.3 Å². The molecule has 0 aliphatic carbocycles. The van der Waals surface area contributed by atoms with E-state index in [1.54, 1.807) is 0 Å². The standard InChI is InChI=1S/C12H8FNO6/c1-17-10-5(7-3-6(12(15)16)14-20-7)2-8-11(9(10)13)19-4-18-8/h2-3H,4H2,1H3,(H,15,16). The molecular weight excluding hydrogens is 273 g/mol. The zero-order valence-electron chi connectivity index (χ0n) is 10.2. The van der Waals surface area contributed by atoms with E-state index < -0.39 is 11.8 Å². The number of carboxylic acids is 1. The number of methoxy groups -OCH3 is 1. The van der Waals surface area contributed by atoms with Gasteiger partial charge in [-0.1, -0.05) is 5.16 Å². The van der Waals surface area contributed by atoms with Crippen molar-refractivity contribution in [1.82, 2.24) is 5.16 Å². The molecule has 2 heterocycles. The SMILES string of the molecule is COc1c(-c2cc(C(=O)O)no2)cc2c(c1F)OCO2. The molecule has 0 spiro atoms. The molecule has 0 fully saturated rings. The Labute approximate surface area is 111 Å². The summed E-state index contributed by atoms with van der Waals surface area (Å²) in [6.45, 7) is -0.102. The molecule has 0 saturated carbocycles. The van der Waals surface area contributed by atoms with Gasteiger partial charge in [0.05, 0.1) is 12.7 Å². The van der Waals surface area contributed by atoms with Gasteiger partial charge in [-0.25, -0.2) is 4.79 Å². The Bertz CT molecular complexity index is 695. The van der Waals surface area contributed by atoms with Gasteiger partial charge in [-0.15, -0.1) is 0 Å². The van der Waals surface area contributed by atoms with Gasteiger partial charge in [0.2, 0.25) is 18.4 Å². The maximum absolute atomic E-state index is 14.2. The van der Waals surface area contributed by atoms with Crippen molar-refractivity contribution in [3.8, 4) is 28.6 Å². The lowest BCUT2D eigenvalue weighted by Gasteiger charge is -2.08. The number of hydrogen-bond acceptors (Lipinski definition) is 6. The Morgan fingerprint density at radius 1 is 1.45 bits per heavy atom. The molecule has 0 atom stereocenters. The first kappa shape index (κ1) is 12.3. The molecule has 0 unspecified atom stereocenters. The minimum absolute atomic E-state index is 0.0522. The normalized spacial score (nSPS) is 12.5. The minimum atomic E-state index is -1.25. The monoisotopic (exact) mass is 281 g/mol. The van der Waals surface area contributed by atoms with Crippen molar-refractivity contribution in [2.75, 3.05) is 13.9 Å². The van der Waals surface area contributed by atoms with Gasteiger partial charge in [-0.3, -0.25) is 0 Å². The van der Waals surface area contributed by atoms with Crippen molar-refractivity contribution in [3.05, 3.63) is 23.6 Å². The van der Waals surface area contributed by atoms with E-state index in [9.17, 15) is 9.18 Å². The second-order valence-corrected chi connectivity index (χ2v) is 3.89. The average Bonchev–Trinajstić information content (AvgIpc) is 3.07. The Morgan fingerprint density at radius 2 is 2.25 bits per heavy atom. The zero-order valence-corrected chi connectivity index (χ0v) is 10.2. The number of ether oxygens (including phenoxy) is 3. The number of hydrogen-bond donors (Lipinski definition) is 1. The second-order valence-electron chi connectivity index (χ2n) is 3.89. The van der Waals surface area contributed by atoms with Crippen LogP contribution in [-0.4, -0.2) is 30.1 Å². The van der Waals surface area contributed by atoms with Crippen LogP contribution in [0.4, 0.5) is 4.39 Å². The van der Waals surface area contributed by atoms with Crippen LogP contribution >= 0.6 is 0 Å². The number of carboxylic acid groups (broad SMARTS) is 1. The second kappa shape index (κ2) is 4.41. The van der Waals surface area contributed by atoms with E-state index in [4.69, 9.17) is 23.8 Å². The number of aromatic carboxylic acids is 1. The number of carbonyl (C=O) groups is 1. The summed E-state index contributed by atoms with van der Waals surface area (Å²) in [5, 5.41) is 12.2.